The zero-order chi connectivity index (χ0) is 17.8. The summed E-state index contributed by atoms with van der Waals surface area (Å²) in [7, 11) is 0. The normalized spacial score (nSPS) is 11.7. The van der Waals surface area contributed by atoms with Gasteiger partial charge in [-0.2, -0.15) is 5.10 Å². The number of fused-ring (bicyclic) bond motifs is 3. The molecule has 0 saturated carbocycles. The van der Waals surface area contributed by atoms with E-state index < -0.39 is 0 Å². The predicted octanol–water partition coefficient (Wildman–Crippen LogP) is 6.86. The quantitative estimate of drug-likeness (QED) is 0.364. The van der Waals surface area contributed by atoms with Crippen LogP contribution in [-0.4, -0.2) is 10.2 Å². The van der Waals surface area contributed by atoms with Crippen LogP contribution in [0.15, 0.2) is 83.4 Å². The van der Waals surface area contributed by atoms with E-state index in [1.54, 1.807) is 11.3 Å². The first-order valence-electron chi connectivity index (χ1n) is 8.80. The van der Waals surface area contributed by atoms with Gasteiger partial charge in [0, 0.05) is 25.9 Å². The Morgan fingerprint density at radius 3 is 2.63 bits per heavy atom. The zero-order valence-corrected chi connectivity index (χ0v) is 15.1. The Morgan fingerprint density at radius 2 is 1.67 bits per heavy atom. The van der Waals surface area contributed by atoms with Crippen molar-refractivity contribution < 1.29 is 4.42 Å². The molecule has 0 spiro atoms. The topological polar surface area (TPSA) is 41.8 Å². The number of thiophene rings is 1. The number of nitrogens with zero attached hydrogens (tertiary/aromatic N) is 1. The molecule has 0 unspecified atom stereocenters. The van der Waals surface area contributed by atoms with Gasteiger partial charge < -0.3 is 4.42 Å². The smallest absolute Gasteiger partial charge is 0.135 e. The fraction of sp³-hybridized carbons (Fsp3) is 0. The van der Waals surface area contributed by atoms with Crippen LogP contribution < -0.4 is 0 Å². The summed E-state index contributed by atoms with van der Waals surface area (Å²) in [6.07, 6.45) is 1.85. The van der Waals surface area contributed by atoms with Crippen molar-refractivity contribution in [3.05, 3.63) is 79.0 Å². The van der Waals surface area contributed by atoms with Gasteiger partial charge in [0.2, 0.25) is 0 Å². The maximum atomic E-state index is 6.03. The molecule has 3 aromatic heterocycles. The van der Waals surface area contributed by atoms with E-state index in [9.17, 15) is 0 Å². The van der Waals surface area contributed by atoms with Crippen LogP contribution in [0.1, 0.15) is 0 Å². The van der Waals surface area contributed by atoms with E-state index in [1.165, 1.54) is 20.5 Å². The number of H-pyrrole nitrogens is 1. The van der Waals surface area contributed by atoms with E-state index in [2.05, 4.69) is 64.8 Å². The molecule has 6 rings (SSSR count). The van der Waals surface area contributed by atoms with Crippen LogP contribution in [0.4, 0.5) is 0 Å². The molecule has 0 aliphatic carbocycles. The largest absolute Gasteiger partial charge is 0.456 e. The van der Waals surface area contributed by atoms with Crippen molar-refractivity contribution in [1.29, 1.82) is 0 Å². The lowest BCUT2D eigenvalue weighted by molar-refractivity contribution is 0.631. The molecule has 0 bridgehead atoms. The van der Waals surface area contributed by atoms with Crippen LogP contribution >= 0.6 is 11.3 Å². The van der Waals surface area contributed by atoms with Crippen LogP contribution in [0.25, 0.3) is 53.7 Å². The number of rotatable bonds is 2. The standard InChI is InChI=1S/C23H14N2OS/c1-2-4-20-14(3-1)10-21(26-20)15-5-6-17-12-23(27-22(17)11-15)16-7-8-18-13-24-25-19(18)9-16/h1-13H,(H,24,25). The maximum absolute atomic E-state index is 6.03. The molecule has 1 N–H and O–H groups in total. The summed E-state index contributed by atoms with van der Waals surface area (Å²) in [5.41, 5.74) is 4.30. The molecule has 0 fully saturated rings. The van der Waals surface area contributed by atoms with Gasteiger partial charge in [-0.25, -0.2) is 0 Å². The number of hydrogen-bond acceptors (Lipinski definition) is 3. The number of aromatic nitrogens is 2. The predicted molar refractivity (Wildman–Crippen MR) is 112 cm³/mol. The molecule has 0 aliphatic heterocycles. The van der Waals surface area contributed by atoms with Gasteiger partial charge in [-0.1, -0.05) is 42.5 Å². The van der Waals surface area contributed by atoms with Crippen molar-refractivity contribution in [2.24, 2.45) is 0 Å². The van der Waals surface area contributed by atoms with Gasteiger partial charge in [-0.05, 0) is 41.3 Å². The molecular weight excluding hydrogens is 352 g/mol. The summed E-state index contributed by atoms with van der Waals surface area (Å²) in [4.78, 5) is 1.25. The van der Waals surface area contributed by atoms with Gasteiger partial charge >= 0.3 is 0 Å². The Labute approximate surface area is 158 Å². The zero-order valence-electron chi connectivity index (χ0n) is 14.3. The molecular formula is C23H14N2OS. The molecule has 3 nitrogen and oxygen atoms in total. The van der Waals surface area contributed by atoms with E-state index in [1.807, 2.05) is 24.4 Å². The van der Waals surface area contributed by atoms with Crippen LogP contribution in [-0.2, 0) is 0 Å². The number of furan rings is 1. The Kier molecular flexibility index (Phi) is 3.04. The monoisotopic (exact) mass is 366 g/mol. The molecule has 3 aromatic carbocycles. The van der Waals surface area contributed by atoms with E-state index in [4.69, 9.17) is 4.42 Å². The molecule has 4 heteroatoms. The lowest BCUT2D eigenvalue weighted by Gasteiger charge is -1.97. The second-order valence-corrected chi connectivity index (χ2v) is 7.77. The van der Waals surface area contributed by atoms with Crippen molar-refractivity contribution in [3.63, 3.8) is 0 Å². The molecule has 6 aromatic rings. The van der Waals surface area contributed by atoms with Crippen molar-refractivity contribution in [1.82, 2.24) is 10.2 Å². The molecule has 0 saturated heterocycles. The minimum absolute atomic E-state index is 0.909. The number of aromatic amines is 1. The van der Waals surface area contributed by atoms with E-state index in [-0.39, 0.29) is 0 Å². The average Bonchev–Trinajstić information content (AvgIpc) is 3.42. The first-order valence-corrected chi connectivity index (χ1v) is 9.61. The molecule has 128 valence electrons. The van der Waals surface area contributed by atoms with Crippen molar-refractivity contribution >= 4 is 43.3 Å². The summed E-state index contributed by atoms with van der Waals surface area (Å²) in [5.74, 6) is 0.909. The van der Waals surface area contributed by atoms with Crippen LogP contribution in [0, 0.1) is 0 Å². The Bertz CT molecular complexity index is 1400. The SMILES string of the molecule is c1ccc2oc(-c3ccc4cc(-c5ccc6cn[nH]c6c5)sc4c3)cc2c1. The highest BCUT2D eigenvalue weighted by Gasteiger charge is 2.10. The third kappa shape index (κ3) is 2.38. The minimum Gasteiger partial charge on any atom is -0.456 e. The van der Waals surface area contributed by atoms with Crippen molar-refractivity contribution in [3.8, 4) is 21.8 Å². The number of nitrogens with one attached hydrogen (secondary N) is 1. The Balaban J connectivity index is 1.46. The maximum Gasteiger partial charge on any atom is 0.135 e. The molecule has 0 aliphatic rings. The summed E-state index contributed by atoms with van der Waals surface area (Å²) in [6.45, 7) is 0. The van der Waals surface area contributed by atoms with Gasteiger partial charge in [0.15, 0.2) is 0 Å². The van der Waals surface area contributed by atoms with Gasteiger partial charge in [0.25, 0.3) is 0 Å². The highest BCUT2D eigenvalue weighted by atomic mass is 32.1. The van der Waals surface area contributed by atoms with Crippen LogP contribution in [0.2, 0.25) is 0 Å². The second kappa shape index (κ2) is 5.56. The molecule has 3 heterocycles. The Morgan fingerprint density at radius 1 is 0.778 bits per heavy atom. The van der Waals surface area contributed by atoms with E-state index in [0.717, 1.165) is 33.2 Å². The van der Waals surface area contributed by atoms with Crippen LogP contribution in [0.3, 0.4) is 0 Å². The van der Waals surface area contributed by atoms with Crippen molar-refractivity contribution in [2.45, 2.75) is 0 Å². The number of hydrogen-bond donors (Lipinski definition) is 1. The van der Waals surface area contributed by atoms with Gasteiger partial charge in [-0.15, -0.1) is 11.3 Å². The molecule has 0 amide bonds. The van der Waals surface area contributed by atoms with E-state index in [0.29, 0.717) is 0 Å². The van der Waals surface area contributed by atoms with Crippen LogP contribution in [0.5, 0.6) is 0 Å². The highest BCUT2D eigenvalue weighted by molar-refractivity contribution is 7.22. The summed E-state index contributed by atoms with van der Waals surface area (Å²) < 4.78 is 7.28. The molecule has 27 heavy (non-hydrogen) atoms. The summed E-state index contributed by atoms with van der Waals surface area (Å²) in [5, 5.41) is 10.7. The fourth-order valence-corrected chi connectivity index (χ4v) is 4.64. The number of para-hydroxylation sites is 1. The summed E-state index contributed by atoms with van der Waals surface area (Å²) in [6, 6.07) is 25.4. The first kappa shape index (κ1) is 14.8. The van der Waals surface area contributed by atoms with Gasteiger partial charge in [-0.3, -0.25) is 5.10 Å². The highest BCUT2D eigenvalue weighted by Crippen LogP contribution is 2.37. The molecule has 0 radical (unpaired) electrons. The van der Waals surface area contributed by atoms with Crippen molar-refractivity contribution in [2.75, 3.05) is 0 Å². The minimum atomic E-state index is 0.909. The van der Waals surface area contributed by atoms with Gasteiger partial charge in [0.05, 0.1) is 11.7 Å². The third-order valence-corrected chi connectivity index (χ3v) is 6.10. The molecule has 0 atom stereocenters. The Hall–Kier alpha value is -3.37. The average molecular weight is 366 g/mol. The van der Waals surface area contributed by atoms with Gasteiger partial charge in [0.1, 0.15) is 11.3 Å². The summed E-state index contributed by atoms with van der Waals surface area (Å²) >= 11 is 1.80. The number of benzene rings is 3. The third-order valence-electron chi connectivity index (χ3n) is 4.96. The fourth-order valence-electron chi connectivity index (χ4n) is 3.54. The first-order chi connectivity index (χ1) is 13.3. The van der Waals surface area contributed by atoms with E-state index >= 15 is 0 Å². The second-order valence-electron chi connectivity index (χ2n) is 6.68. The lowest BCUT2D eigenvalue weighted by Crippen LogP contribution is -1.73. The lowest BCUT2D eigenvalue weighted by atomic mass is 10.1.